The van der Waals surface area contributed by atoms with Gasteiger partial charge in [0.1, 0.15) is 12.6 Å². The third-order valence-corrected chi connectivity index (χ3v) is 8.70. The summed E-state index contributed by atoms with van der Waals surface area (Å²) < 4.78 is 5.74. The Kier molecular flexibility index (Phi) is 12.7. The number of benzene rings is 4. The highest BCUT2D eigenvalue weighted by Gasteiger charge is 2.31. The first-order chi connectivity index (χ1) is 23.9. The Morgan fingerprint density at radius 1 is 0.837 bits per heavy atom. The number of amides is 3. The van der Waals surface area contributed by atoms with Crippen LogP contribution in [0.2, 0.25) is 0 Å². The molecule has 1 aliphatic heterocycles. The Morgan fingerprint density at radius 2 is 1.53 bits per heavy atom. The molecule has 3 amide bonds. The van der Waals surface area contributed by atoms with E-state index in [4.69, 9.17) is 4.74 Å². The van der Waals surface area contributed by atoms with Crippen LogP contribution in [0.25, 0.3) is 10.8 Å². The van der Waals surface area contributed by atoms with Crippen molar-refractivity contribution < 1.29 is 29.0 Å². The molecule has 49 heavy (non-hydrogen) atoms. The Hall–Kier alpha value is -5.28. The van der Waals surface area contributed by atoms with Gasteiger partial charge in [-0.2, -0.15) is 0 Å². The molecular weight excluding hydrogens is 618 g/mol. The van der Waals surface area contributed by atoms with Gasteiger partial charge in [0.2, 0.25) is 11.8 Å². The van der Waals surface area contributed by atoms with E-state index in [-0.39, 0.29) is 38.5 Å². The number of anilines is 1. The quantitative estimate of drug-likeness (QED) is 0.154. The zero-order valence-electron chi connectivity index (χ0n) is 27.5. The minimum absolute atomic E-state index is 0.119. The summed E-state index contributed by atoms with van der Waals surface area (Å²) in [6, 6.07) is 31.2. The van der Waals surface area contributed by atoms with Crippen molar-refractivity contribution in [2.75, 3.05) is 25.1 Å². The van der Waals surface area contributed by atoms with Gasteiger partial charge in [0.25, 0.3) is 5.91 Å². The predicted molar refractivity (Wildman–Crippen MR) is 189 cm³/mol. The lowest BCUT2D eigenvalue weighted by molar-refractivity contribution is -0.150. The summed E-state index contributed by atoms with van der Waals surface area (Å²) in [5.41, 5.74) is 2.43. The smallest absolute Gasteiger partial charge is 0.309 e. The maximum absolute atomic E-state index is 13.8. The maximum Gasteiger partial charge on any atom is 0.309 e. The second kappa shape index (κ2) is 17.8. The van der Waals surface area contributed by atoms with Crippen LogP contribution < -0.4 is 10.6 Å². The van der Waals surface area contributed by atoms with Crippen LogP contribution in [0.15, 0.2) is 115 Å². The highest BCUT2D eigenvalue weighted by molar-refractivity contribution is 5.99. The van der Waals surface area contributed by atoms with Crippen LogP contribution in [0.5, 0.6) is 0 Å². The van der Waals surface area contributed by atoms with Gasteiger partial charge in [-0.1, -0.05) is 103 Å². The third-order valence-electron chi connectivity index (χ3n) is 8.70. The average molecular weight is 662 g/mol. The molecule has 0 fully saturated rings. The van der Waals surface area contributed by atoms with Crippen LogP contribution in [0.4, 0.5) is 5.69 Å². The molecule has 3 N–H and O–H groups in total. The minimum Gasteiger partial charge on any atom is -0.463 e. The first kappa shape index (κ1) is 35.0. The summed E-state index contributed by atoms with van der Waals surface area (Å²) in [6.07, 6.45) is 5.49. The van der Waals surface area contributed by atoms with Gasteiger partial charge in [-0.15, -0.1) is 0 Å². The topological polar surface area (TPSA) is 125 Å². The number of nitrogens with zero attached hydrogens (tertiary/aromatic N) is 1. The number of allylic oxidation sites excluding steroid dienone is 2. The molecule has 0 saturated carbocycles. The summed E-state index contributed by atoms with van der Waals surface area (Å²) in [6.45, 7) is -0.177. The molecule has 3 atom stereocenters. The van der Waals surface area contributed by atoms with E-state index in [0.717, 1.165) is 21.9 Å². The lowest BCUT2D eigenvalue weighted by Gasteiger charge is -2.26. The van der Waals surface area contributed by atoms with Crippen LogP contribution in [-0.2, 0) is 36.9 Å². The number of ether oxygens (including phenoxy) is 1. The van der Waals surface area contributed by atoms with Crippen molar-refractivity contribution in [1.82, 2.24) is 10.2 Å². The number of hydrogen-bond donors (Lipinski definition) is 3. The van der Waals surface area contributed by atoms with Crippen molar-refractivity contribution in [2.24, 2.45) is 11.8 Å². The number of carbonyl (C=O) groups excluding carboxylic acids is 4. The van der Waals surface area contributed by atoms with E-state index in [0.29, 0.717) is 31.5 Å². The van der Waals surface area contributed by atoms with Crippen LogP contribution in [0.3, 0.4) is 0 Å². The molecule has 3 unspecified atom stereocenters. The van der Waals surface area contributed by atoms with Gasteiger partial charge in [0, 0.05) is 25.2 Å². The lowest BCUT2D eigenvalue weighted by Crippen LogP contribution is -2.49. The Morgan fingerprint density at radius 3 is 2.27 bits per heavy atom. The van der Waals surface area contributed by atoms with Gasteiger partial charge in [0.15, 0.2) is 0 Å². The highest BCUT2D eigenvalue weighted by Crippen LogP contribution is 2.22. The van der Waals surface area contributed by atoms with Crippen molar-refractivity contribution in [2.45, 2.75) is 44.7 Å². The standard InChI is InChI=1S/C40H43N3O6/c44-23-22-43(27-30-14-6-2-7-15-30)37(45)26-33-18-8-3-9-19-34(24-29-12-4-1-5-13-29)40(48)49-28-36(42-38(33)46)39(47)41-35-21-20-31-16-10-11-17-32(31)25-35/h1-8,10-17,20-21,25,33-34,36,44H,9,18-19,22-24,26-28H2,(H,41,47)(H,42,46). The summed E-state index contributed by atoms with van der Waals surface area (Å²) in [7, 11) is 0. The number of aliphatic hydroxyl groups is 1. The number of nitrogens with one attached hydrogen (secondary N) is 2. The van der Waals surface area contributed by atoms with E-state index in [1.807, 2.05) is 109 Å². The van der Waals surface area contributed by atoms with Gasteiger partial charge < -0.3 is 25.4 Å². The van der Waals surface area contributed by atoms with Gasteiger partial charge in [-0.25, -0.2) is 0 Å². The molecule has 9 nitrogen and oxygen atoms in total. The van der Waals surface area contributed by atoms with Gasteiger partial charge in [0.05, 0.1) is 18.4 Å². The van der Waals surface area contributed by atoms with Gasteiger partial charge in [-0.05, 0) is 59.7 Å². The van der Waals surface area contributed by atoms with Gasteiger partial charge >= 0.3 is 5.97 Å². The zero-order chi connectivity index (χ0) is 34.4. The summed E-state index contributed by atoms with van der Waals surface area (Å²) in [5, 5.41) is 17.3. The maximum atomic E-state index is 13.8. The molecule has 4 aromatic carbocycles. The molecule has 1 aliphatic rings. The fourth-order valence-corrected chi connectivity index (χ4v) is 5.97. The van der Waals surface area contributed by atoms with Crippen LogP contribution in [-0.4, -0.2) is 59.5 Å². The zero-order valence-corrected chi connectivity index (χ0v) is 27.5. The monoisotopic (exact) mass is 661 g/mol. The van der Waals surface area contributed by atoms with E-state index in [2.05, 4.69) is 10.6 Å². The summed E-state index contributed by atoms with van der Waals surface area (Å²) in [4.78, 5) is 56.1. The molecule has 4 aromatic rings. The van der Waals surface area contributed by atoms with Crippen molar-refractivity contribution in [3.63, 3.8) is 0 Å². The molecule has 1 heterocycles. The molecule has 254 valence electrons. The molecule has 9 heteroatoms. The Balaban J connectivity index is 1.37. The fourth-order valence-electron chi connectivity index (χ4n) is 5.97. The molecule has 0 aromatic heterocycles. The number of cyclic esters (lactones) is 1. The third kappa shape index (κ3) is 10.4. The van der Waals surface area contributed by atoms with Gasteiger partial charge in [-0.3, -0.25) is 19.2 Å². The van der Waals surface area contributed by atoms with E-state index in [1.54, 1.807) is 6.07 Å². The van der Waals surface area contributed by atoms with Crippen molar-refractivity contribution in [3.05, 3.63) is 126 Å². The van der Waals surface area contributed by atoms with Crippen molar-refractivity contribution in [3.8, 4) is 0 Å². The molecular formula is C40H43N3O6. The molecule has 0 radical (unpaired) electrons. The summed E-state index contributed by atoms with van der Waals surface area (Å²) >= 11 is 0. The number of hydrogen-bond acceptors (Lipinski definition) is 6. The van der Waals surface area contributed by atoms with Crippen LogP contribution in [0, 0.1) is 11.8 Å². The van der Waals surface area contributed by atoms with Crippen molar-refractivity contribution >= 4 is 40.2 Å². The molecule has 5 rings (SSSR count). The second-order valence-electron chi connectivity index (χ2n) is 12.3. The Bertz CT molecular complexity index is 1740. The van der Waals surface area contributed by atoms with Crippen molar-refractivity contribution in [1.29, 1.82) is 0 Å². The highest BCUT2D eigenvalue weighted by atomic mass is 16.5. The number of fused-ring (bicyclic) bond motifs is 1. The minimum atomic E-state index is -1.21. The largest absolute Gasteiger partial charge is 0.463 e. The first-order valence-electron chi connectivity index (χ1n) is 16.8. The summed E-state index contributed by atoms with van der Waals surface area (Å²) in [5.74, 6) is -3.03. The normalized spacial score (nSPS) is 18.7. The van der Waals surface area contributed by atoms with Crippen LogP contribution in [0.1, 0.15) is 36.8 Å². The molecule has 0 aliphatic carbocycles. The molecule has 0 saturated heterocycles. The average Bonchev–Trinajstić information content (AvgIpc) is 3.13. The lowest BCUT2D eigenvalue weighted by atomic mass is 9.94. The first-order valence-corrected chi connectivity index (χ1v) is 16.8. The van der Waals surface area contributed by atoms with E-state index in [9.17, 15) is 24.3 Å². The predicted octanol–water partition coefficient (Wildman–Crippen LogP) is 5.43. The van der Waals surface area contributed by atoms with E-state index >= 15 is 0 Å². The second-order valence-corrected chi connectivity index (χ2v) is 12.3. The van der Waals surface area contributed by atoms with E-state index < -0.39 is 35.7 Å². The fraction of sp³-hybridized carbons (Fsp3) is 0.300. The van der Waals surface area contributed by atoms with E-state index in [1.165, 1.54) is 4.90 Å². The SMILES string of the molecule is O=C1NC(C(=O)Nc2ccc3ccccc3c2)COC(=O)C(Cc2ccccc2)CCC=CCC1CC(=O)N(CCO)Cc1ccccc1. The number of rotatable bonds is 10. The number of aliphatic hydroxyl groups excluding tert-OH is 1. The molecule has 0 spiro atoms. The number of esters is 1. The van der Waals surface area contributed by atoms with Crippen LogP contribution >= 0.6 is 0 Å². The Labute approximate surface area is 287 Å². The number of carbonyl (C=O) groups is 4. The molecule has 0 bridgehead atoms.